The fourth-order valence-electron chi connectivity index (χ4n) is 1.31. The number of carbonyl (C=O) groups is 2. The van der Waals surface area contributed by atoms with E-state index < -0.39 is 17.7 Å². The summed E-state index contributed by atoms with van der Waals surface area (Å²) in [6.45, 7) is 0. The molecule has 18 heavy (non-hydrogen) atoms. The van der Waals surface area contributed by atoms with Crippen molar-refractivity contribution in [3.8, 4) is 0 Å². The van der Waals surface area contributed by atoms with Crippen LogP contribution in [0.25, 0.3) is 0 Å². The van der Waals surface area contributed by atoms with Crippen molar-refractivity contribution >= 4 is 17.6 Å². The maximum absolute atomic E-state index is 13.3. The molecule has 0 bridgehead atoms. The first kappa shape index (κ1) is 11.8. The van der Waals surface area contributed by atoms with Crippen LogP contribution in [-0.2, 0) is 0 Å². The predicted octanol–water partition coefficient (Wildman–Crippen LogP) is 2.37. The minimum atomic E-state index is -1.20. The van der Waals surface area contributed by atoms with E-state index in [1.165, 1.54) is 18.2 Å². The van der Waals surface area contributed by atoms with Crippen molar-refractivity contribution in [3.05, 3.63) is 53.7 Å². The lowest BCUT2D eigenvalue weighted by Crippen LogP contribution is -2.12. The van der Waals surface area contributed by atoms with Crippen molar-refractivity contribution < 1.29 is 23.5 Å². The summed E-state index contributed by atoms with van der Waals surface area (Å²) in [4.78, 5) is 22.2. The molecule has 0 spiro atoms. The number of nitrogens with one attached hydrogen (secondary N) is 1. The molecule has 1 heterocycles. The van der Waals surface area contributed by atoms with Crippen LogP contribution in [0.1, 0.15) is 20.9 Å². The van der Waals surface area contributed by atoms with Gasteiger partial charge in [0, 0.05) is 6.07 Å². The van der Waals surface area contributed by atoms with Crippen LogP contribution in [0.3, 0.4) is 0 Å². The maximum atomic E-state index is 13.3. The van der Waals surface area contributed by atoms with Gasteiger partial charge in [-0.15, -0.1) is 0 Å². The van der Waals surface area contributed by atoms with Gasteiger partial charge in [-0.25, -0.2) is 9.18 Å². The second-order valence-electron chi connectivity index (χ2n) is 3.44. The minimum Gasteiger partial charge on any atom is -0.478 e. The summed E-state index contributed by atoms with van der Waals surface area (Å²) in [5.74, 6) is -2.71. The molecule has 0 fully saturated rings. The van der Waals surface area contributed by atoms with E-state index in [-0.39, 0.29) is 17.0 Å². The number of furan rings is 1. The van der Waals surface area contributed by atoms with Crippen LogP contribution in [0.15, 0.2) is 41.0 Å². The lowest BCUT2D eigenvalue weighted by Gasteiger charge is -2.03. The largest absolute Gasteiger partial charge is 0.478 e. The zero-order valence-corrected chi connectivity index (χ0v) is 9.01. The van der Waals surface area contributed by atoms with Gasteiger partial charge in [0.05, 0.1) is 11.3 Å². The van der Waals surface area contributed by atoms with E-state index in [4.69, 9.17) is 9.52 Å². The summed E-state index contributed by atoms with van der Waals surface area (Å²) >= 11 is 0. The van der Waals surface area contributed by atoms with Crippen molar-refractivity contribution in [2.45, 2.75) is 0 Å². The number of anilines is 1. The lowest BCUT2D eigenvalue weighted by atomic mass is 10.3. The van der Waals surface area contributed by atoms with Gasteiger partial charge in [0.25, 0.3) is 5.91 Å². The number of amides is 1. The van der Waals surface area contributed by atoms with Crippen molar-refractivity contribution in [2.75, 3.05) is 5.32 Å². The van der Waals surface area contributed by atoms with Gasteiger partial charge in [-0.3, -0.25) is 4.79 Å². The number of benzene rings is 1. The van der Waals surface area contributed by atoms with Crippen LogP contribution in [0.2, 0.25) is 0 Å². The zero-order chi connectivity index (χ0) is 13.1. The van der Waals surface area contributed by atoms with Crippen LogP contribution in [0, 0.1) is 5.82 Å². The monoisotopic (exact) mass is 249 g/mol. The Kier molecular flexibility index (Phi) is 3.09. The number of para-hydroxylation sites is 1. The van der Waals surface area contributed by atoms with Crippen molar-refractivity contribution in [1.29, 1.82) is 0 Å². The second-order valence-corrected chi connectivity index (χ2v) is 3.44. The SMILES string of the molecule is O=C(O)c1coc(C(=O)Nc2ccccc2F)c1. The van der Waals surface area contributed by atoms with Crippen molar-refractivity contribution in [2.24, 2.45) is 0 Å². The van der Waals surface area contributed by atoms with Gasteiger partial charge in [0.15, 0.2) is 5.76 Å². The number of halogens is 1. The molecule has 0 radical (unpaired) electrons. The van der Waals surface area contributed by atoms with E-state index in [2.05, 4.69) is 5.32 Å². The van der Waals surface area contributed by atoms with Crippen LogP contribution >= 0.6 is 0 Å². The highest BCUT2D eigenvalue weighted by molar-refractivity contribution is 6.03. The molecule has 0 aliphatic heterocycles. The third-order valence-corrected chi connectivity index (χ3v) is 2.19. The predicted molar refractivity (Wildman–Crippen MR) is 60.0 cm³/mol. The average Bonchev–Trinajstić information content (AvgIpc) is 2.81. The molecular weight excluding hydrogens is 241 g/mol. The standard InChI is InChI=1S/C12H8FNO4/c13-8-3-1-2-4-9(8)14-11(15)10-5-7(6-18-10)12(16)17/h1-6H,(H,14,15)(H,16,17). The van der Waals surface area contributed by atoms with Gasteiger partial charge >= 0.3 is 5.97 Å². The van der Waals surface area contributed by atoms with Crippen LogP contribution in [0.4, 0.5) is 10.1 Å². The van der Waals surface area contributed by atoms with Gasteiger partial charge < -0.3 is 14.8 Å². The molecule has 1 aromatic heterocycles. The highest BCUT2D eigenvalue weighted by Crippen LogP contribution is 2.15. The summed E-state index contributed by atoms with van der Waals surface area (Å²) in [6, 6.07) is 6.69. The van der Waals surface area contributed by atoms with E-state index in [1.54, 1.807) is 6.07 Å². The van der Waals surface area contributed by atoms with E-state index in [9.17, 15) is 14.0 Å². The summed E-state index contributed by atoms with van der Waals surface area (Å²) in [5, 5.41) is 10.9. The lowest BCUT2D eigenvalue weighted by molar-refractivity contribution is 0.0696. The smallest absolute Gasteiger partial charge is 0.338 e. The Morgan fingerprint density at radius 2 is 2.00 bits per heavy atom. The quantitative estimate of drug-likeness (QED) is 0.875. The van der Waals surface area contributed by atoms with Gasteiger partial charge in [-0.05, 0) is 12.1 Å². The first-order valence-corrected chi connectivity index (χ1v) is 4.95. The molecule has 0 aliphatic carbocycles. The molecule has 5 nitrogen and oxygen atoms in total. The number of hydrogen-bond acceptors (Lipinski definition) is 3. The highest BCUT2D eigenvalue weighted by Gasteiger charge is 2.15. The third kappa shape index (κ3) is 2.37. The summed E-state index contributed by atoms with van der Waals surface area (Å²) in [7, 11) is 0. The number of carbonyl (C=O) groups excluding carboxylic acids is 1. The number of carboxylic acid groups (broad SMARTS) is 1. The van der Waals surface area contributed by atoms with Crippen molar-refractivity contribution in [3.63, 3.8) is 0 Å². The molecular formula is C12H8FNO4. The van der Waals surface area contributed by atoms with E-state index >= 15 is 0 Å². The molecule has 2 aromatic rings. The summed E-state index contributed by atoms with van der Waals surface area (Å²) in [6.07, 6.45) is 0.943. The average molecular weight is 249 g/mol. The molecule has 2 rings (SSSR count). The molecule has 0 unspecified atom stereocenters. The van der Waals surface area contributed by atoms with Crippen LogP contribution in [0.5, 0.6) is 0 Å². The van der Waals surface area contributed by atoms with Gasteiger partial charge in [0.1, 0.15) is 12.1 Å². The van der Waals surface area contributed by atoms with E-state index in [0.29, 0.717) is 0 Å². The Morgan fingerprint density at radius 1 is 1.28 bits per heavy atom. The van der Waals surface area contributed by atoms with E-state index in [0.717, 1.165) is 12.3 Å². The number of hydrogen-bond donors (Lipinski definition) is 2. The topological polar surface area (TPSA) is 79.5 Å². The maximum Gasteiger partial charge on any atom is 0.338 e. The molecule has 1 aromatic carbocycles. The van der Waals surface area contributed by atoms with Crippen LogP contribution < -0.4 is 5.32 Å². The normalized spacial score (nSPS) is 10.1. The molecule has 0 saturated heterocycles. The van der Waals surface area contributed by atoms with Gasteiger partial charge in [0.2, 0.25) is 0 Å². The van der Waals surface area contributed by atoms with Gasteiger partial charge in [-0.2, -0.15) is 0 Å². The fourth-order valence-corrected chi connectivity index (χ4v) is 1.31. The Morgan fingerprint density at radius 3 is 2.61 bits per heavy atom. The molecule has 0 atom stereocenters. The second kappa shape index (κ2) is 4.70. The van der Waals surface area contributed by atoms with E-state index in [1.807, 2.05) is 0 Å². The zero-order valence-electron chi connectivity index (χ0n) is 9.01. The highest BCUT2D eigenvalue weighted by atomic mass is 19.1. The first-order valence-electron chi connectivity index (χ1n) is 4.95. The summed E-state index contributed by atoms with van der Waals surface area (Å²) < 4.78 is 18.0. The number of carboxylic acids is 1. The fraction of sp³-hybridized carbons (Fsp3) is 0. The molecule has 1 amide bonds. The molecule has 0 saturated carbocycles. The Balaban J connectivity index is 2.17. The molecule has 92 valence electrons. The Labute approximate surface area is 101 Å². The Hall–Kier alpha value is -2.63. The number of rotatable bonds is 3. The summed E-state index contributed by atoms with van der Waals surface area (Å²) in [5.41, 5.74) is -0.149. The first-order chi connectivity index (χ1) is 8.58. The molecule has 6 heteroatoms. The third-order valence-electron chi connectivity index (χ3n) is 2.19. The Bertz CT molecular complexity index is 606. The van der Waals surface area contributed by atoms with Crippen molar-refractivity contribution in [1.82, 2.24) is 0 Å². The number of aromatic carboxylic acids is 1. The minimum absolute atomic E-state index is 0.00391. The van der Waals surface area contributed by atoms with Crippen LogP contribution in [-0.4, -0.2) is 17.0 Å². The molecule has 0 aliphatic rings. The van der Waals surface area contributed by atoms with Gasteiger partial charge in [-0.1, -0.05) is 12.1 Å². The molecule has 2 N–H and O–H groups in total.